The van der Waals surface area contributed by atoms with Crippen LogP contribution in [0.25, 0.3) is 0 Å². The van der Waals surface area contributed by atoms with E-state index >= 15 is 0 Å². The van der Waals surface area contributed by atoms with E-state index in [2.05, 4.69) is 16.8 Å². The summed E-state index contributed by atoms with van der Waals surface area (Å²) in [5, 5.41) is 2.67. The van der Waals surface area contributed by atoms with Crippen LogP contribution in [0.3, 0.4) is 0 Å². The maximum absolute atomic E-state index is 11.6. The Balaban J connectivity index is 3.30. The molecule has 162 valence electrons. The molecule has 8 heteroatoms. The number of unbranched alkanes of at least 4 members (excludes halogenated alkanes) is 13. The van der Waals surface area contributed by atoms with Gasteiger partial charge in [0.05, 0.1) is 6.61 Å². The van der Waals surface area contributed by atoms with Crippen LogP contribution in [0.4, 0.5) is 0 Å². The molecule has 1 atom stereocenters. The fourth-order valence-corrected chi connectivity index (χ4v) is 3.27. The number of carbonyl (C=O) groups is 1. The number of hydrogen-bond donors (Lipinski definition) is 4. The largest absolute Gasteiger partial charge is 0.469 e. The Hall–Kier alpha value is -0.460. The fourth-order valence-electron chi connectivity index (χ4n) is 2.92. The summed E-state index contributed by atoms with van der Waals surface area (Å²) in [6, 6.07) is -1.07. The SMILES string of the molecule is CCCCCCCCCCCCCCCCNC(=O)[C@@H](N)COP(=O)(O)O. The molecule has 5 N–H and O–H groups in total. The van der Waals surface area contributed by atoms with Gasteiger partial charge in [-0.05, 0) is 6.42 Å². The molecular weight excluding hydrogens is 367 g/mol. The number of carbonyl (C=O) groups excluding carboxylic acids is 1. The van der Waals surface area contributed by atoms with E-state index in [1.54, 1.807) is 0 Å². The molecule has 0 rings (SSSR count). The predicted molar refractivity (Wildman–Crippen MR) is 109 cm³/mol. The molecule has 0 aromatic heterocycles. The number of phosphoric acid groups is 1. The zero-order chi connectivity index (χ0) is 20.4. The standard InChI is InChI=1S/C19H41N2O5P/c1-2-3-4-5-6-7-8-9-10-11-12-13-14-15-16-21-19(22)18(20)17-26-27(23,24)25/h18H,2-17,20H2,1H3,(H,21,22)(H2,23,24,25)/t18-/m0/s1. The lowest BCUT2D eigenvalue weighted by molar-refractivity contribution is -0.123. The summed E-state index contributed by atoms with van der Waals surface area (Å²) < 4.78 is 14.8. The van der Waals surface area contributed by atoms with Crippen LogP contribution < -0.4 is 11.1 Å². The molecule has 0 radical (unpaired) electrons. The Morgan fingerprint density at radius 1 is 0.889 bits per heavy atom. The molecule has 1 amide bonds. The van der Waals surface area contributed by atoms with Gasteiger partial charge in [-0.15, -0.1) is 0 Å². The maximum Gasteiger partial charge on any atom is 0.469 e. The van der Waals surface area contributed by atoms with Crippen molar-refractivity contribution in [2.75, 3.05) is 13.2 Å². The molecule has 0 heterocycles. The topological polar surface area (TPSA) is 122 Å². The molecule has 0 bridgehead atoms. The molecule has 0 aliphatic carbocycles. The second-order valence-corrected chi connectivity index (χ2v) is 8.52. The van der Waals surface area contributed by atoms with Crippen LogP contribution in [-0.4, -0.2) is 34.9 Å². The maximum atomic E-state index is 11.6. The molecule has 27 heavy (non-hydrogen) atoms. The summed E-state index contributed by atoms with van der Waals surface area (Å²) in [6.45, 7) is 2.29. The second kappa shape index (κ2) is 17.6. The molecule has 0 aromatic rings. The number of phosphoric ester groups is 1. The van der Waals surface area contributed by atoms with Crippen LogP contribution >= 0.6 is 7.82 Å². The molecule has 0 saturated carbocycles. The van der Waals surface area contributed by atoms with E-state index in [9.17, 15) is 9.36 Å². The Kier molecular flexibility index (Phi) is 17.3. The van der Waals surface area contributed by atoms with Crippen LogP contribution in [0.15, 0.2) is 0 Å². The highest BCUT2D eigenvalue weighted by Crippen LogP contribution is 2.35. The monoisotopic (exact) mass is 408 g/mol. The highest BCUT2D eigenvalue weighted by Gasteiger charge is 2.20. The van der Waals surface area contributed by atoms with Crippen molar-refractivity contribution in [1.29, 1.82) is 0 Å². The van der Waals surface area contributed by atoms with Crippen molar-refractivity contribution in [2.24, 2.45) is 5.73 Å². The molecule has 0 saturated heterocycles. The third kappa shape index (κ3) is 20.1. The first-order valence-corrected chi connectivity index (χ1v) is 12.1. The van der Waals surface area contributed by atoms with Crippen LogP contribution in [-0.2, 0) is 13.9 Å². The van der Waals surface area contributed by atoms with Gasteiger partial charge in [0.15, 0.2) is 0 Å². The third-order valence-corrected chi connectivity index (χ3v) is 5.07. The highest BCUT2D eigenvalue weighted by atomic mass is 31.2. The van der Waals surface area contributed by atoms with Gasteiger partial charge in [0.2, 0.25) is 5.91 Å². The van der Waals surface area contributed by atoms with Gasteiger partial charge in [-0.25, -0.2) is 4.57 Å². The number of nitrogens with two attached hydrogens (primary N) is 1. The van der Waals surface area contributed by atoms with Gasteiger partial charge < -0.3 is 20.8 Å². The van der Waals surface area contributed by atoms with Gasteiger partial charge in [0.1, 0.15) is 6.04 Å². The van der Waals surface area contributed by atoms with E-state index in [1.165, 1.54) is 77.0 Å². The molecule has 0 fully saturated rings. The van der Waals surface area contributed by atoms with Gasteiger partial charge in [-0.1, -0.05) is 90.4 Å². The summed E-state index contributed by atoms with van der Waals surface area (Å²) in [5.74, 6) is -0.446. The van der Waals surface area contributed by atoms with E-state index < -0.39 is 26.4 Å². The minimum Gasteiger partial charge on any atom is -0.355 e. The van der Waals surface area contributed by atoms with E-state index in [-0.39, 0.29) is 0 Å². The molecule has 0 unspecified atom stereocenters. The van der Waals surface area contributed by atoms with Crippen LogP contribution in [0, 0.1) is 0 Å². The van der Waals surface area contributed by atoms with Crippen molar-refractivity contribution in [1.82, 2.24) is 5.32 Å². The first kappa shape index (κ1) is 26.5. The van der Waals surface area contributed by atoms with Gasteiger partial charge in [0, 0.05) is 6.54 Å². The minimum atomic E-state index is -4.58. The van der Waals surface area contributed by atoms with E-state index in [0.29, 0.717) is 6.54 Å². The van der Waals surface area contributed by atoms with Crippen molar-refractivity contribution in [3.8, 4) is 0 Å². The fraction of sp³-hybridized carbons (Fsp3) is 0.947. The van der Waals surface area contributed by atoms with Crippen LogP contribution in [0.1, 0.15) is 96.8 Å². The van der Waals surface area contributed by atoms with Gasteiger partial charge in [-0.3, -0.25) is 9.32 Å². The summed E-state index contributed by atoms with van der Waals surface area (Å²) in [6.07, 6.45) is 17.9. The molecule has 0 spiro atoms. The van der Waals surface area contributed by atoms with Crippen LogP contribution in [0.2, 0.25) is 0 Å². The van der Waals surface area contributed by atoms with Crippen molar-refractivity contribution < 1.29 is 23.7 Å². The smallest absolute Gasteiger partial charge is 0.355 e. The Morgan fingerprint density at radius 3 is 1.70 bits per heavy atom. The van der Waals surface area contributed by atoms with Crippen molar-refractivity contribution in [2.45, 2.75) is 103 Å². The predicted octanol–water partition coefficient (Wildman–Crippen LogP) is 4.02. The number of nitrogens with one attached hydrogen (secondary N) is 1. The van der Waals surface area contributed by atoms with Gasteiger partial charge >= 0.3 is 7.82 Å². The third-order valence-electron chi connectivity index (χ3n) is 4.59. The Morgan fingerprint density at radius 2 is 1.30 bits per heavy atom. The Bertz CT molecular complexity index is 404. The van der Waals surface area contributed by atoms with E-state index in [4.69, 9.17) is 15.5 Å². The van der Waals surface area contributed by atoms with E-state index in [0.717, 1.165) is 12.8 Å². The normalized spacial score (nSPS) is 12.9. The Labute approximate surface area is 165 Å². The number of rotatable bonds is 19. The quantitative estimate of drug-likeness (QED) is 0.189. The summed E-state index contributed by atoms with van der Waals surface area (Å²) in [7, 11) is -4.58. The lowest BCUT2D eigenvalue weighted by atomic mass is 10.0. The molecular formula is C19H41N2O5P. The number of amides is 1. The summed E-state index contributed by atoms with van der Waals surface area (Å²) in [4.78, 5) is 28.8. The zero-order valence-electron chi connectivity index (χ0n) is 17.0. The summed E-state index contributed by atoms with van der Waals surface area (Å²) in [5.41, 5.74) is 5.50. The lowest BCUT2D eigenvalue weighted by Gasteiger charge is -2.12. The molecule has 0 aliphatic rings. The molecule has 0 aromatic carbocycles. The lowest BCUT2D eigenvalue weighted by Crippen LogP contribution is -2.43. The first-order chi connectivity index (χ1) is 12.9. The number of hydrogen-bond acceptors (Lipinski definition) is 4. The average Bonchev–Trinajstić information content (AvgIpc) is 2.62. The van der Waals surface area contributed by atoms with Crippen molar-refractivity contribution >= 4 is 13.7 Å². The average molecular weight is 409 g/mol. The minimum absolute atomic E-state index is 0.446. The highest BCUT2D eigenvalue weighted by molar-refractivity contribution is 7.46. The second-order valence-electron chi connectivity index (χ2n) is 7.28. The van der Waals surface area contributed by atoms with E-state index in [1.807, 2.05) is 0 Å². The molecule has 0 aliphatic heterocycles. The van der Waals surface area contributed by atoms with Gasteiger partial charge in [-0.2, -0.15) is 0 Å². The molecule has 7 nitrogen and oxygen atoms in total. The van der Waals surface area contributed by atoms with Gasteiger partial charge in [0.25, 0.3) is 0 Å². The summed E-state index contributed by atoms with van der Waals surface area (Å²) >= 11 is 0. The first-order valence-electron chi connectivity index (χ1n) is 10.6. The van der Waals surface area contributed by atoms with Crippen molar-refractivity contribution in [3.05, 3.63) is 0 Å². The van der Waals surface area contributed by atoms with Crippen molar-refractivity contribution in [3.63, 3.8) is 0 Å². The van der Waals surface area contributed by atoms with Crippen LogP contribution in [0.5, 0.6) is 0 Å². The zero-order valence-corrected chi connectivity index (χ0v) is 17.9.